The molecular formula is C33H32N2O4. The number of nitrogens with zero attached hydrogens (tertiary/aromatic N) is 2. The largest absolute Gasteiger partial charge is 0.462 e. The second-order valence-electron chi connectivity index (χ2n) is 9.42. The maximum atomic E-state index is 13.9. The summed E-state index contributed by atoms with van der Waals surface area (Å²) in [6.07, 6.45) is 0. The molecule has 0 bridgehead atoms. The fraction of sp³-hybridized carbons (Fsp3) is 0.212. The highest BCUT2D eigenvalue weighted by atomic mass is 16.5. The van der Waals surface area contributed by atoms with E-state index in [2.05, 4.69) is 17.0 Å². The standard InChI is InChI=1S/C33H32N2O4/c1-3-39-33(37)27-12-10-25(11-13-27)31-23-30(14-9-24(31)2)35(32(36)26-7-5-4-6-8-26)29-17-15-28(16-18-29)34-19-21-38-22-20-34/h4-18,23H,3,19-22H2,1-2H3. The predicted octanol–water partition coefficient (Wildman–Crippen LogP) is 6.65. The molecule has 0 unspecified atom stereocenters. The number of hydrogen-bond donors (Lipinski definition) is 0. The zero-order chi connectivity index (χ0) is 27.2. The van der Waals surface area contributed by atoms with E-state index in [-0.39, 0.29) is 11.9 Å². The number of morpholine rings is 1. The van der Waals surface area contributed by atoms with E-state index < -0.39 is 0 Å². The summed E-state index contributed by atoms with van der Waals surface area (Å²) in [4.78, 5) is 30.1. The van der Waals surface area contributed by atoms with Crippen molar-refractivity contribution in [3.8, 4) is 11.1 Å². The number of hydrogen-bond acceptors (Lipinski definition) is 5. The zero-order valence-electron chi connectivity index (χ0n) is 22.3. The first-order valence-corrected chi connectivity index (χ1v) is 13.3. The highest BCUT2D eigenvalue weighted by Crippen LogP contribution is 2.34. The van der Waals surface area contributed by atoms with Gasteiger partial charge in [0.1, 0.15) is 0 Å². The van der Waals surface area contributed by atoms with Crippen molar-refractivity contribution in [2.45, 2.75) is 13.8 Å². The quantitative estimate of drug-likeness (QED) is 0.255. The Labute approximate surface area is 229 Å². The Morgan fingerprint density at radius 1 is 0.821 bits per heavy atom. The number of rotatable bonds is 7. The van der Waals surface area contributed by atoms with Gasteiger partial charge in [0.2, 0.25) is 0 Å². The zero-order valence-corrected chi connectivity index (χ0v) is 22.3. The molecule has 0 spiro atoms. The molecule has 1 heterocycles. The van der Waals surface area contributed by atoms with E-state index in [1.54, 1.807) is 24.0 Å². The minimum atomic E-state index is -0.338. The van der Waals surface area contributed by atoms with Gasteiger partial charge in [0.25, 0.3) is 5.91 Å². The van der Waals surface area contributed by atoms with Crippen LogP contribution in [0.25, 0.3) is 11.1 Å². The van der Waals surface area contributed by atoms with Gasteiger partial charge in [-0.3, -0.25) is 9.69 Å². The van der Waals surface area contributed by atoms with Crippen LogP contribution in [0.4, 0.5) is 17.1 Å². The molecule has 6 heteroatoms. The van der Waals surface area contributed by atoms with Crippen LogP contribution < -0.4 is 9.80 Å². The van der Waals surface area contributed by atoms with Crippen molar-refractivity contribution in [1.82, 2.24) is 0 Å². The van der Waals surface area contributed by atoms with Crippen molar-refractivity contribution in [2.24, 2.45) is 0 Å². The van der Waals surface area contributed by atoms with Crippen molar-refractivity contribution in [1.29, 1.82) is 0 Å². The lowest BCUT2D eigenvalue weighted by molar-refractivity contribution is 0.0526. The molecular weight excluding hydrogens is 488 g/mol. The third-order valence-electron chi connectivity index (χ3n) is 6.89. The molecule has 4 aromatic carbocycles. The lowest BCUT2D eigenvalue weighted by atomic mass is 9.98. The summed E-state index contributed by atoms with van der Waals surface area (Å²) in [7, 11) is 0. The molecule has 5 rings (SSSR count). The molecule has 0 radical (unpaired) electrons. The van der Waals surface area contributed by atoms with E-state index in [1.807, 2.05) is 79.7 Å². The smallest absolute Gasteiger partial charge is 0.338 e. The van der Waals surface area contributed by atoms with Crippen molar-refractivity contribution in [3.63, 3.8) is 0 Å². The van der Waals surface area contributed by atoms with Crippen LogP contribution >= 0.6 is 0 Å². The predicted molar refractivity (Wildman–Crippen MR) is 155 cm³/mol. The fourth-order valence-electron chi connectivity index (χ4n) is 4.79. The summed E-state index contributed by atoms with van der Waals surface area (Å²) in [6, 6.07) is 30.9. The summed E-state index contributed by atoms with van der Waals surface area (Å²) in [5, 5.41) is 0. The molecule has 0 saturated carbocycles. The molecule has 198 valence electrons. The highest BCUT2D eigenvalue weighted by molar-refractivity contribution is 6.11. The number of ether oxygens (including phenoxy) is 2. The van der Waals surface area contributed by atoms with Crippen molar-refractivity contribution in [3.05, 3.63) is 114 Å². The van der Waals surface area contributed by atoms with Crippen LogP contribution in [0.1, 0.15) is 33.2 Å². The van der Waals surface area contributed by atoms with Gasteiger partial charge in [-0.05, 0) is 91.2 Å². The van der Waals surface area contributed by atoms with Gasteiger partial charge in [0.05, 0.1) is 25.4 Å². The number of esters is 1. The van der Waals surface area contributed by atoms with E-state index in [9.17, 15) is 9.59 Å². The number of anilines is 3. The van der Waals surface area contributed by atoms with Crippen LogP contribution in [0.2, 0.25) is 0 Å². The Morgan fingerprint density at radius 3 is 2.15 bits per heavy atom. The average molecular weight is 521 g/mol. The topological polar surface area (TPSA) is 59.1 Å². The summed E-state index contributed by atoms with van der Waals surface area (Å²) in [5.74, 6) is -0.447. The Bertz CT molecular complexity index is 1430. The minimum Gasteiger partial charge on any atom is -0.462 e. The second kappa shape index (κ2) is 12.0. The maximum absolute atomic E-state index is 13.9. The van der Waals surface area contributed by atoms with Crippen LogP contribution in [0.3, 0.4) is 0 Å². The van der Waals surface area contributed by atoms with E-state index in [0.29, 0.717) is 30.9 Å². The molecule has 6 nitrogen and oxygen atoms in total. The number of benzene rings is 4. The highest BCUT2D eigenvalue weighted by Gasteiger charge is 2.22. The van der Waals surface area contributed by atoms with Gasteiger partial charge in [0.15, 0.2) is 0 Å². The molecule has 1 amide bonds. The number of amides is 1. The molecule has 4 aromatic rings. The molecule has 1 saturated heterocycles. The van der Waals surface area contributed by atoms with Crippen molar-refractivity contribution >= 4 is 28.9 Å². The van der Waals surface area contributed by atoms with Crippen LogP contribution in [-0.4, -0.2) is 44.8 Å². The van der Waals surface area contributed by atoms with E-state index >= 15 is 0 Å². The SMILES string of the molecule is CCOC(=O)c1ccc(-c2cc(N(C(=O)c3ccccc3)c3ccc(N4CCOCC4)cc3)ccc2C)cc1. The summed E-state index contributed by atoms with van der Waals surface area (Å²) >= 11 is 0. The Kier molecular flexibility index (Phi) is 8.04. The average Bonchev–Trinajstić information content (AvgIpc) is 2.99. The van der Waals surface area contributed by atoms with Crippen molar-refractivity contribution < 1.29 is 19.1 Å². The monoisotopic (exact) mass is 520 g/mol. The molecule has 0 N–H and O–H groups in total. The first kappa shape index (κ1) is 26.2. The molecule has 0 aromatic heterocycles. The molecule has 1 fully saturated rings. The lowest BCUT2D eigenvalue weighted by Gasteiger charge is -2.30. The van der Waals surface area contributed by atoms with Gasteiger partial charge in [0, 0.05) is 35.7 Å². The molecule has 0 aliphatic carbocycles. The summed E-state index contributed by atoms with van der Waals surface area (Å²) in [5.41, 5.74) is 6.78. The molecule has 0 atom stereocenters. The van der Waals surface area contributed by atoms with Crippen LogP contribution in [-0.2, 0) is 9.47 Å². The summed E-state index contributed by atoms with van der Waals surface area (Å²) in [6.45, 7) is 7.30. The first-order chi connectivity index (χ1) is 19.0. The van der Waals surface area contributed by atoms with Gasteiger partial charge >= 0.3 is 5.97 Å². The Balaban J connectivity index is 1.52. The second-order valence-corrected chi connectivity index (χ2v) is 9.42. The van der Waals surface area contributed by atoms with Gasteiger partial charge in [-0.1, -0.05) is 36.4 Å². The number of carbonyl (C=O) groups excluding carboxylic acids is 2. The molecule has 1 aliphatic heterocycles. The normalized spacial score (nSPS) is 13.1. The maximum Gasteiger partial charge on any atom is 0.338 e. The van der Waals surface area contributed by atoms with Crippen molar-refractivity contribution in [2.75, 3.05) is 42.7 Å². The van der Waals surface area contributed by atoms with Crippen LogP contribution in [0.5, 0.6) is 0 Å². The summed E-state index contributed by atoms with van der Waals surface area (Å²) < 4.78 is 10.6. The lowest BCUT2D eigenvalue weighted by Crippen LogP contribution is -2.36. The Morgan fingerprint density at radius 2 is 1.49 bits per heavy atom. The number of aryl methyl sites for hydroxylation is 1. The van der Waals surface area contributed by atoms with E-state index in [4.69, 9.17) is 9.47 Å². The minimum absolute atomic E-state index is 0.109. The third-order valence-corrected chi connectivity index (χ3v) is 6.89. The fourth-order valence-corrected chi connectivity index (χ4v) is 4.79. The molecule has 1 aliphatic rings. The van der Waals surface area contributed by atoms with Gasteiger partial charge in [-0.15, -0.1) is 0 Å². The van der Waals surface area contributed by atoms with Gasteiger partial charge < -0.3 is 14.4 Å². The van der Waals surface area contributed by atoms with Crippen LogP contribution in [0, 0.1) is 6.92 Å². The first-order valence-electron chi connectivity index (χ1n) is 13.3. The van der Waals surface area contributed by atoms with E-state index in [1.165, 1.54) is 0 Å². The third kappa shape index (κ3) is 5.86. The van der Waals surface area contributed by atoms with Crippen LogP contribution in [0.15, 0.2) is 97.1 Å². The van der Waals surface area contributed by atoms with Gasteiger partial charge in [-0.25, -0.2) is 4.79 Å². The number of carbonyl (C=O) groups is 2. The molecule has 39 heavy (non-hydrogen) atoms. The van der Waals surface area contributed by atoms with Gasteiger partial charge in [-0.2, -0.15) is 0 Å². The van der Waals surface area contributed by atoms with E-state index in [0.717, 1.165) is 46.8 Å². The Hall–Kier alpha value is -4.42.